The van der Waals surface area contributed by atoms with Gasteiger partial charge in [-0.15, -0.1) is 0 Å². The number of hydrogen-bond acceptors (Lipinski definition) is 25. The number of methoxy groups -OCH3 is 4. The summed E-state index contributed by atoms with van der Waals surface area (Å²) < 4.78 is 56.0. The van der Waals surface area contributed by atoms with Crippen molar-refractivity contribution in [3.63, 3.8) is 0 Å². The summed E-state index contributed by atoms with van der Waals surface area (Å²) in [5.74, 6) is -5.07. The minimum Gasteiger partial charge on any atom is -0.467 e. The average Bonchev–Trinajstić information content (AvgIpc) is 3.15. The fourth-order valence-corrected chi connectivity index (χ4v) is 5.86. The fraction of sp³-hybridized carbons (Fsp3) is 0.857. The van der Waals surface area contributed by atoms with Gasteiger partial charge in [0.25, 0.3) is 0 Å². The molecule has 0 spiro atoms. The lowest BCUT2D eigenvalue weighted by Crippen LogP contribution is -2.68. The van der Waals surface area contributed by atoms with Crippen molar-refractivity contribution in [1.29, 1.82) is 0 Å². The van der Waals surface area contributed by atoms with E-state index in [-0.39, 0.29) is 0 Å². The summed E-state index contributed by atoms with van der Waals surface area (Å²) in [6.45, 7) is 0. The van der Waals surface area contributed by atoms with Crippen LogP contribution in [-0.2, 0) is 71.3 Å². The molecule has 10 N–H and O–H groups in total. The Morgan fingerprint density at radius 2 is 0.642 bits per heavy atom. The number of carbonyl (C=O) groups is 4. The molecule has 0 saturated carbocycles. The zero-order valence-corrected chi connectivity index (χ0v) is 28.1. The zero-order chi connectivity index (χ0) is 39.6. The maximum Gasteiger partial charge on any atom is 0.337 e. The minimum atomic E-state index is -2.28. The lowest BCUT2D eigenvalue weighted by Gasteiger charge is -2.48. The summed E-state index contributed by atoms with van der Waals surface area (Å²) in [5, 5.41) is 106. The van der Waals surface area contributed by atoms with Gasteiger partial charge in [-0.05, 0) is 0 Å². The van der Waals surface area contributed by atoms with Crippen LogP contribution in [0.4, 0.5) is 0 Å². The van der Waals surface area contributed by atoms with E-state index in [0.717, 1.165) is 28.4 Å². The molecule has 4 saturated heterocycles. The SMILES string of the molecule is COC(=O)C1OC(OC2C(C(=O)OC)OC(OC3C(C(=O)OC)OC(OC4C(C(=O)OC)OC(O)C(O)C4O)C(O)C3O)C(O)C2O)C(O)C(O)C1O. The van der Waals surface area contributed by atoms with Crippen molar-refractivity contribution in [1.82, 2.24) is 0 Å². The molecule has 0 amide bonds. The van der Waals surface area contributed by atoms with Crippen LogP contribution in [-0.4, -0.2) is 226 Å². The smallest absolute Gasteiger partial charge is 0.337 e. The van der Waals surface area contributed by atoms with Gasteiger partial charge in [0.05, 0.1) is 28.4 Å². The first-order valence-corrected chi connectivity index (χ1v) is 15.6. The van der Waals surface area contributed by atoms with Gasteiger partial charge in [-0.3, -0.25) is 0 Å². The normalized spacial score (nSPS) is 46.2. The summed E-state index contributed by atoms with van der Waals surface area (Å²) in [7, 11) is 3.58. The van der Waals surface area contributed by atoms with Crippen molar-refractivity contribution in [3.05, 3.63) is 0 Å². The molecule has 0 aromatic rings. The van der Waals surface area contributed by atoms with Crippen molar-refractivity contribution in [3.8, 4) is 0 Å². The van der Waals surface area contributed by atoms with Crippen molar-refractivity contribution < 1.29 is 122 Å². The predicted molar refractivity (Wildman–Crippen MR) is 154 cm³/mol. The van der Waals surface area contributed by atoms with Gasteiger partial charge in [-0.2, -0.15) is 0 Å². The second-order valence-electron chi connectivity index (χ2n) is 12.0. The monoisotopic (exact) mass is 778 g/mol. The van der Waals surface area contributed by atoms with Gasteiger partial charge >= 0.3 is 23.9 Å². The van der Waals surface area contributed by atoms with E-state index in [1.807, 2.05) is 0 Å². The van der Waals surface area contributed by atoms with E-state index >= 15 is 0 Å². The van der Waals surface area contributed by atoms with Crippen LogP contribution in [0, 0.1) is 0 Å². The first-order chi connectivity index (χ1) is 24.9. The lowest BCUT2D eigenvalue weighted by atomic mass is 9.95. The van der Waals surface area contributed by atoms with Crippen molar-refractivity contribution in [2.75, 3.05) is 28.4 Å². The molecular formula is C28H42O25. The Morgan fingerprint density at radius 1 is 0.358 bits per heavy atom. The Morgan fingerprint density at radius 3 is 1.00 bits per heavy atom. The maximum absolute atomic E-state index is 12.8. The third-order valence-corrected chi connectivity index (χ3v) is 8.83. The van der Waals surface area contributed by atoms with E-state index < -0.39 is 147 Å². The highest BCUT2D eigenvalue weighted by Crippen LogP contribution is 2.35. The van der Waals surface area contributed by atoms with Gasteiger partial charge in [0.2, 0.25) is 0 Å². The molecular weight excluding hydrogens is 736 g/mol. The Balaban J connectivity index is 1.56. The Labute approximate surface area is 297 Å². The highest BCUT2D eigenvalue weighted by Gasteiger charge is 2.58. The fourth-order valence-electron chi connectivity index (χ4n) is 5.86. The van der Waals surface area contributed by atoms with Gasteiger partial charge in [0.15, 0.2) is 49.6 Å². The highest BCUT2D eigenvalue weighted by molar-refractivity contribution is 5.77. The molecule has 25 nitrogen and oxygen atoms in total. The lowest BCUT2D eigenvalue weighted by molar-refractivity contribution is -0.378. The number of rotatable bonds is 10. The zero-order valence-electron chi connectivity index (χ0n) is 28.1. The van der Waals surface area contributed by atoms with Gasteiger partial charge in [-0.25, -0.2) is 19.2 Å². The molecule has 20 unspecified atom stereocenters. The largest absolute Gasteiger partial charge is 0.467 e. The van der Waals surface area contributed by atoms with E-state index in [1.165, 1.54) is 0 Å². The van der Waals surface area contributed by atoms with Gasteiger partial charge < -0.3 is 103 Å². The molecule has 304 valence electrons. The van der Waals surface area contributed by atoms with E-state index in [0.29, 0.717) is 0 Å². The highest BCUT2D eigenvalue weighted by atomic mass is 16.8. The first kappa shape index (κ1) is 42.9. The number of aliphatic hydroxyl groups excluding tert-OH is 10. The summed E-state index contributed by atoms with van der Waals surface area (Å²) in [5.41, 5.74) is 0. The predicted octanol–water partition coefficient (Wildman–Crippen LogP) is -9.03. The van der Waals surface area contributed by atoms with Crippen LogP contribution >= 0.6 is 0 Å². The topological polar surface area (TPSA) is 372 Å². The average molecular weight is 779 g/mol. The maximum atomic E-state index is 12.8. The molecule has 0 aromatic carbocycles. The summed E-state index contributed by atoms with van der Waals surface area (Å²) in [4.78, 5) is 50.1. The van der Waals surface area contributed by atoms with Gasteiger partial charge in [0.1, 0.15) is 73.2 Å². The first-order valence-electron chi connectivity index (χ1n) is 15.6. The number of hydrogen-bond donors (Lipinski definition) is 10. The van der Waals surface area contributed by atoms with E-state index in [4.69, 9.17) is 33.2 Å². The quantitative estimate of drug-likeness (QED) is 0.0727. The molecule has 0 radical (unpaired) electrons. The molecule has 4 rings (SSSR count). The van der Waals surface area contributed by atoms with Crippen LogP contribution in [0.25, 0.3) is 0 Å². The van der Waals surface area contributed by atoms with E-state index in [9.17, 15) is 70.2 Å². The standard InChI is InChI=1S/C28H42O25/c1-43-22(39)17-6(30)5(29)11(35)26(51-17)49-15-8(32)13(37)28(53-19(15)24(41)45-3)50-16-9(33)12(36)27(52-20(16)25(42)46-4)48-14-7(31)10(34)21(38)47-18(14)23(40)44-2/h5-21,26-38H,1-4H3. The summed E-state index contributed by atoms with van der Waals surface area (Å²) >= 11 is 0. The molecule has 53 heavy (non-hydrogen) atoms. The Kier molecular flexibility index (Phi) is 14.4. The van der Waals surface area contributed by atoms with Crippen molar-refractivity contribution in [2.45, 2.75) is 123 Å². The van der Waals surface area contributed by atoms with Crippen LogP contribution in [0.2, 0.25) is 0 Å². The molecule has 0 bridgehead atoms. The number of ether oxygens (including phenoxy) is 11. The van der Waals surface area contributed by atoms with Crippen LogP contribution in [0.3, 0.4) is 0 Å². The van der Waals surface area contributed by atoms with E-state index in [1.54, 1.807) is 0 Å². The third kappa shape index (κ3) is 8.55. The second-order valence-corrected chi connectivity index (χ2v) is 12.0. The molecule has 25 heteroatoms. The van der Waals surface area contributed by atoms with Crippen LogP contribution < -0.4 is 0 Å². The van der Waals surface area contributed by atoms with Gasteiger partial charge in [0, 0.05) is 0 Å². The number of aliphatic hydroxyl groups is 10. The molecule has 4 heterocycles. The molecule has 20 atom stereocenters. The number of carbonyl (C=O) groups excluding carboxylic acids is 4. The molecule has 4 aliphatic heterocycles. The summed E-state index contributed by atoms with van der Waals surface area (Å²) in [6, 6.07) is 0. The summed E-state index contributed by atoms with van der Waals surface area (Å²) in [6.07, 6.45) is -42.2. The Hall–Kier alpha value is -2.80. The second kappa shape index (κ2) is 17.8. The molecule has 4 aliphatic rings. The molecule has 0 aliphatic carbocycles. The molecule has 0 aromatic heterocycles. The van der Waals surface area contributed by atoms with Crippen LogP contribution in [0.1, 0.15) is 0 Å². The van der Waals surface area contributed by atoms with Crippen LogP contribution in [0.15, 0.2) is 0 Å². The minimum absolute atomic E-state index is 0.868. The van der Waals surface area contributed by atoms with Gasteiger partial charge in [-0.1, -0.05) is 0 Å². The third-order valence-electron chi connectivity index (χ3n) is 8.83. The van der Waals surface area contributed by atoms with Crippen molar-refractivity contribution in [2.24, 2.45) is 0 Å². The van der Waals surface area contributed by atoms with E-state index in [2.05, 4.69) is 18.9 Å². The van der Waals surface area contributed by atoms with Crippen LogP contribution in [0.5, 0.6) is 0 Å². The van der Waals surface area contributed by atoms with Crippen molar-refractivity contribution >= 4 is 23.9 Å². The number of esters is 4. The molecule has 4 fully saturated rings. The Bertz CT molecular complexity index is 1290.